The molecular formula is C20H20N2O4. The van der Waals surface area contributed by atoms with E-state index in [9.17, 15) is 4.79 Å². The molecule has 1 amide bonds. The van der Waals surface area contributed by atoms with Gasteiger partial charge in [-0.05, 0) is 44.0 Å². The zero-order chi connectivity index (χ0) is 17.9. The maximum atomic E-state index is 12.7. The zero-order valence-electron chi connectivity index (χ0n) is 14.5. The minimum atomic E-state index is -0.395. The Morgan fingerprint density at radius 2 is 2.12 bits per heavy atom. The summed E-state index contributed by atoms with van der Waals surface area (Å²) in [6.07, 6.45) is 2.43. The van der Waals surface area contributed by atoms with Gasteiger partial charge in [0.05, 0.1) is 11.1 Å². The fourth-order valence-electron chi connectivity index (χ4n) is 3.04. The number of rotatable bonds is 4. The normalized spacial score (nSPS) is 17.3. The van der Waals surface area contributed by atoms with E-state index >= 15 is 0 Å². The van der Waals surface area contributed by atoms with Crippen LogP contribution in [0.5, 0.6) is 0 Å². The second-order valence-corrected chi connectivity index (χ2v) is 6.33. The summed E-state index contributed by atoms with van der Waals surface area (Å²) in [5.41, 5.74) is 4.33. The number of amides is 1. The third-order valence-corrected chi connectivity index (χ3v) is 4.37. The summed E-state index contributed by atoms with van der Waals surface area (Å²) in [6.45, 7) is 2.52. The summed E-state index contributed by atoms with van der Waals surface area (Å²) in [5, 5.41) is 0.755. The number of benzene rings is 1. The Labute approximate surface area is 151 Å². The van der Waals surface area contributed by atoms with Crippen LogP contribution in [-0.2, 0) is 9.57 Å². The fourth-order valence-corrected chi connectivity index (χ4v) is 3.04. The van der Waals surface area contributed by atoms with E-state index in [1.165, 1.54) is 0 Å². The number of nitrogens with zero attached hydrogens (tertiary/aromatic N) is 1. The third-order valence-electron chi connectivity index (χ3n) is 4.37. The molecule has 0 bridgehead atoms. The van der Waals surface area contributed by atoms with Gasteiger partial charge in [-0.3, -0.25) is 4.79 Å². The molecular weight excluding hydrogens is 332 g/mol. The number of hydrogen-bond acceptors (Lipinski definition) is 5. The van der Waals surface area contributed by atoms with Crippen molar-refractivity contribution in [2.24, 2.45) is 0 Å². The number of ether oxygens (including phenoxy) is 1. The molecule has 3 heterocycles. The van der Waals surface area contributed by atoms with E-state index in [4.69, 9.17) is 14.0 Å². The number of carbonyl (C=O) groups is 1. The Bertz CT molecular complexity index is 928. The van der Waals surface area contributed by atoms with Crippen LogP contribution < -0.4 is 5.48 Å². The average Bonchev–Trinajstić information content (AvgIpc) is 3.12. The standard InChI is InChI=1S/C20H20N2O4/c1-13-9-10-18(25-13)17-12-15(14-6-2-3-7-16(14)21-17)20(23)22-26-19-8-4-5-11-24-19/h2-3,6-7,9-10,12,19H,4-5,8,11H2,1H3,(H,22,23)/t19-/m0/s1. The Kier molecular flexibility index (Phi) is 4.69. The van der Waals surface area contributed by atoms with Crippen molar-refractivity contribution >= 4 is 16.8 Å². The van der Waals surface area contributed by atoms with Crippen LogP contribution in [0.3, 0.4) is 0 Å². The van der Waals surface area contributed by atoms with Crippen molar-refractivity contribution in [1.29, 1.82) is 0 Å². The minimum absolute atomic E-state index is 0.331. The Balaban J connectivity index is 1.64. The number of para-hydroxylation sites is 1. The Morgan fingerprint density at radius 1 is 1.23 bits per heavy atom. The number of aromatic nitrogens is 1. The fraction of sp³-hybridized carbons (Fsp3) is 0.300. The van der Waals surface area contributed by atoms with E-state index in [1.807, 2.05) is 43.3 Å². The van der Waals surface area contributed by atoms with Gasteiger partial charge >= 0.3 is 0 Å². The number of pyridine rings is 1. The van der Waals surface area contributed by atoms with Crippen LogP contribution in [0, 0.1) is 6.92 Å². The molecule has 134 valence electrons. The smallest absolute Gasteiger partial charge is 0.275 e. The molecule has 1 aliphatic heterocycles. The summed E-state index contributed by atoms with van der Waals surface area (Å²) in [7, 11) is 0. The van der Waals surface area contributed by atoms with Gasteiger partial charge in [-0.1, -0.05) is 18.2 Å². The first-order valence-electron chi connectivity index (χ1n) is 8.75. The summed E-state index contributed by atoms with van der Waals surface area (Å²) >= 11 is 0. The second kappa shape index (κ2) is 7.27. The number of nitrogens with one attached hydrogen (secondary N) is 1. The minimum Gasteiger partial charge on any atom is -0.460 e. The maximum Gasteiger partial charge on any atom is 0.275 e. The van der Waals surface area contributed by atoms with Gasteiger partial charge in [0.1, 0.15) is 11.5 Å². The predicted octanol–water partition coefficient (Wildman–Crippen LogP) is 3.99. The highest BCUT2D eigenvalue weighted by Gasteiger charge is 2.19. The van der Waals surface area contributed by atoms with Gasteiger partial charge in [0.2, 0.25) is 0 Å². The van der Waals surface area contributed by atoms with Crippen molar-refractivity contribution in [1.82, 2.24) is 10.5 Å². The monoisotopic (exact) mass is 352 g/mol. The molecule has 1 atom stereocenters. The molecule has 26 heavy (non-hydrogen) atoms. The van der Waals surface area contributed by atoms with Crippen molar-refractivity contribution in [3.8, 4) is 11.5 Å². The van der Waals surface area contributed by atoms with Crippen LogP contribution >= 0.6 is 0 Å². The molecule has 0 spiro atoms. The highest BCUT2D eigenvalue weighted by molar-refractivity contribution is 6.06. The van der Waals surface area contributed by atoms with Crippen molar-refractivity contribution in [3.63, 3.8) is 0 Å². The third kappa shape index (κ3) is 3.47. The van der Waals surface area contributed by atoms with E-state index < -0.39 is 6.29 Å². The number of aryl methyl sites for hydroxylation is 1. The molecule has 0 radical (unpaired) electrons. The summed E-state index contributed by atoms with van der Waals surface area (Å²) in [4.78, 5) is 22.8. The topological polar surface area (TPSA) is 73.6 Å². The van der Waals surface area contributed by atoms with Crippen LogP contribution in [0.15, 0.2) is 46.9 Å². The lowest BCUT2D eigenvalue weighted by Crippen LogP contribution is -2.33. The van der Waals surface area contributed by atoms with Gasteiger partial charge in [-0.25, -0.2) is 15.3 Å². The van der Waals surface area contributed by atoms with Gasteiger partial charge in [0.15, 0.2) is 12.1 Å². The first kappa shape index (κ1) is 16.8. The number of hydroxylamine groups is 1. The molecule has 0 saturated carbocycles. The summed E-state index contributed by atoms with van der Waals surface area (Å²) < 4.78 is 11.1. The summed E-state index contributed by atoms with van der Waals surface area (Å²) in [5.74, 6) is 1.08. The van der Waals surface area contributed by atoms with Gasteiger partial charge < -0.3 is 9.15 Å². The van der Waals surface area contributed by atoms with E-state index in [2.05, 4.69) is 10.5 Å². The van der Waals surface area contributed by atoms with E-state index in [1.54, 1.807) is 6.07 Å². The van der Waals surface area contributed by atoms with Crippen LogP contribution in [-0.4, -0.2) is 23.8 Å². The predicted molar refractivity (Wildman–Crippen MR) is 96.3 cm³/mol. The lowest BCUT2D eigenvalue weighted by Gasteiger charge is -2.22. The number of fused-ring (bicyclic) bond motifs is 1. The molecule has 1 fully saturated rings. The largest absolute Gasteiger partial charge is 0.460 e. The molecule has 1 aromatic carbocycles. The first-order chi connectivity index (χ1) is 12.7. The van der Waals surface area contributed by atoms with Crippen molar-refractivity contribution in [2.75, 3.05) is 6.61 Å². The van der Waals surface area contributed by atoms with Crippen LogP contribution in [0.1, 0.15) is 35.4 Å². The quantitative estimate of drug-likeness (QED) is 0.719. The molecule has 6 nitrogen and oxygen atoms in total. The van der Waals surface area contributed by atoms with Gasteiger partial charge in [0.25, 0.3) is 5.91 Å². The molecule has 2 aromatic heterocycles. The molecule has 6 heteroatoms. The molecule has 4 rings (SSSR count). The van der Waals surface area contributed by atoms with E-state index in [0.717, 1.165) is 35.9 Å². The molecule has 0 aliphatic carbocycles. The SMILES string of the molecule is Cc1ccc(-c2cc(C(=O)NO[C@H]3CCCCO3)c3ccccc3n2)o1. The maximum absolute atomic E-state index is 12.7. The molecule has 1 N–H and O–H groups in total. The average molecular weight is 352 g/mol. The van der Waals surface area contributed by atoms with Gasteiger partial charge in [-0.2, -0.15) is 0 Å². The molecule has 3 aromatic rings. The van der Waals surface area contributed by atoms with Crippen LogP contribution in [0.25, 0.3) is 22.4 Å². The molecule has 1 aliphatic rings. The van der Waals surface area contributed by atoms with Gasteiger partial charge in [0, 0.05) is 18.4 Å². The lowest BCUT2D eigenvalue weighted by atomic mass is 10.1. The van der Waals surface area contributed by atoms with E-state index in [-0.39, 0.29) is 5.91 Å². The number of hydrogen-bond donors (Lipinski definition) is 1. The second-order valence-electron chi connectivity index (χ2n) is 6.33. The number of carbonyl (C=O) groups excluding carboxylic acids is 1. The summed E-state index contributed by atoms with van der Waals surface area (Å²) in [6, 6.07) is 12.9. The van der Waals surface area contributed by atoms with Crippen LogP contribution in [0.2, 0.25) is 0 Å². The van der Waals surface area contributed by atoms with E-state index in [0.29, 0.717) is 23.6 Å². The first-order valence-corrected chi connectivity index (χ1v) is 8.75. The van der Waals surface area contributed by atoms with Crippen LogP contribution in [0.4, 0.5) is 0 Å². The number of furan rings is 1. The molecule has 1 saturated heterocycles. The Morgan fingerprint density at radius 3 is 2.88 bits per heavy atom. The zero-order valence-corrected chi connectivity index (χ0v) is 14.5. The Hall–Kier alpha value is -2.70. The van der Waals surface area contributed by atoms with Gasteiger partial charge in [-0.15, -0.1) is 0 Å². The highest BCUT2D eigenvalue weighted by Crippen LogP contribution is 2.26. The van der Waals surface area contributed by atoms with Crippen molar-refractivity contribution in [3.05, 3.63) is 53.8 Å². The highest BCUT2D eigenvalue weighted by atomic mass is 16.8. The lowest BCUT2D eigenvalue weighted by molar-refractivity contribution is -0.186. The van der Waals surface area contributed by atoms with Crippen molar-refractivity contribution in [2.45, 2.75) is 32.5 Å². The molecule has 0 unspecified atom stereocenters. The van der Waals surface area contributed by atoms with Crippen molar-refractivity contribution < 1.29 is 18.8 Å².